The third-order valence-corrected chi connectivity index (χ3v) is 5.98. The number of primary amides is 1. The van der Waals surface area contributed by atoms with Crippen LogP contribution in [0.4, 0.5) is 4.79 Å². The van der Waals surface area contributed by atoms with E-state index in [4.69, 9.17) is 5.73 Å². The predicted molar refractivity (Wildman–Crippen MR) is 128 cm³/mol. The molecule has 3 rings (SSSR count). The molecular weight excluding hydrogens is 418 g/mol. The first kappa shape index (κ1) is 24.0. The van der Waals surface area contributed by atoms with Crippen LogP contribution >= 0.6 is 0 Å². The molecule has 2 N–H and O–H groups in total. The molecule has 0 aliphatic heterocycles. The Labute approximate surface area is 194 Å². The van der Waals surface area contributed by atoms with Gasteiger partial charge in [0.05, 0.1) is 5.52 Å². The smallest absolute Gasteiger partial charge is 0.323 e. The SMILES string of the molecule is CN(C(=O)CCc1cn(C(N)=O)c2ccccc12)[C@H](Cc1ccccc1)C(=O)N(C)N(C)C. The number of fused-ring (bicyclic) bond motifs is 1. The van der Waals surface area contributed by atoms with Gasteiger partial charge in [0.2, 0.25) is 5.91 Å². The van der Waals surface area contributed by atoms with E-state index in [9.17, 15) is 14.4 Å². The Hall–Kier alpha value is -3.65. The zero-order valence-electron chi connectivity index (χ0n) is 19.6. The molecule has 8 heteroatoms. The van der Waals surface area contributed by atoms with Crippen molar-refractivity contribution in [2.75, 3.05) is 28.2 Å². The number of para-hydroxylation sites is 1. The van der Waals surface area contributed by atoms with E-state index in [2.05, 4.69) is 0 Å². The first-order valence-electron chi connectivity index (χ1n) is 10.8. The highest BCUT2D eigenvalue weighted by molar-refractivity contribution is 5.93. The van der Waals surface area contributed by atoms with Gasteiger partial charge in [-0.15, -0.1) is 0 Å². The molecule has 2 aromatic carbocycles. The second-order valence-electron chi connectivity index (χ2n) is 8.30. The summed E-state index contributed by atoms with van der Waals surface area (Å²) in [7, 11) is 6.93. The highest BCUT2D eigenvalue weighted by Gasteiger charge is 2.30. The van der Waals surface area contributed by atoms with Crippen molar-refractivity contribution in [3.63, 3.8) is 0 Å². The van der Waals surface area contributed by atoms with E-state index >= 15 is 0 Å². The summed E-state index contributed by atoms with van der Waals surface area (Å²) in [5, 5.41) is 4.09. The quantitative estimate of drug-likeness (QED) is 0.535. The van der Waals surface area contributed by atoms with Crippen LogP contribution in [0, 0.1) is 0 Å². The van der Waals surface area contributed by atoms with E-state index in [1.54, 1.807) is 39.4 Å². The first-order valence-corrected chi connectivity index (χ1v) is 10.8. The lowest BCUT2D eigenvalue weighted by molar-refractivity contribution is -0.152. The third-order valence-electron chi connectivity index (χ3n) is 5.98. The fourth-order valence-corrected chi connectivity index (χ4v) is 3.86. The van der Waals surface area contributed by atoms with Gasteiger partial charge in [-0.25, -0.2) is 9.80 Å². The van der Waals surface area contributed by atoms with Gasteiger partial charge in [0, 0.05) is 52.6 Å². The Bertz CT molecular complexity index is 1140. The summed E-state index contributed by atoms with van der Waals surface area (Å²) < 4.78 is 1.40. The number of carbonyl (C=O) groups is 3. The Balaban J connectivity index is 1.80. The second kappa shape index (κ2) is 10.3. The van der Waals surface area contributed by atoms with Gasteiger partial charge in [0.15, 0.2) is 0 Å². The maximum atomic E-state index is 13.2. The summed E-state index contributed by atoms with van der Waals surface area (Å²) in [6, 6.07) is 15.9. The molecule has 0 spiro atoms. The molecule has 1 aromatic heterocycles. The molecule has 0 aliphatic rings. The molecule has 1 heterocycles. The molecule has 3 aromatic rings. The lowest BCUT2D eigenvalue weighted by atomic mass is 10.0. The normalized spacial score (nSPS) is 12.0. The van der Waals surface area contributed by atoms with Crippen molar-refractivity contribution in [3.05, 3.63) is 71.9 Å². The molecule has 1 atom stereocenters. The largest absolute Gasteiger partial charge is 0.351 e. The lowest BCUT2D eigenvalue weighted by Crippen LogP contribution is -2.52. The fourth-order valence-electron chi connectivity index (χ4n) is 3.86. The van der Waals surface area contributed by atoms with Crippen molar-refractivity contribution < 1.29 is 14.4 Å². The molecule has 0 radical (unpaired) electrons. The Kier molecular flexibility index (Phi) is 7.50. The molecule has 33 heavy (non-hydrogen) atoms. The van der Waals surface area contributed by atoms with Crippen LogP contribution in [0.2, 0.25) is 0 Å². The van der Waals surface area contributed by atoms with Crippen LogP contribution in [0.15, 0.2) is 60.8 Å². The number of likely N-dealkylation sites (N-methyl/N-ethyl adjacent to an activating group) is 2. The number of amides is 3. The minimum absolute atomic E-state index is 0.146. The maximum Gasteiger partial charge on any atom is 0.323 e. The molecule has 0 bridgehead atoms. The maximum absolute atomic E-state index is 13.2. The number of hydrazine groups is 1. The predicted octanol–water partition coefficient (Wildman–Crippen LogP) is 2.51. The van der Waals surface area contributed by atoms with Crippen LogP contribution in [0.1, 0.15) is 17.5 Å². The van der Waals surface area contributed by atoms with E-state index < -0.39 is 12.1 Å². The Morgan fingerprint density at radius 2 is 1.58 bits per heavy atom. The lowest BCUT2D eigenvalue weighted by Gasteiger charge is -2.33. The molecule has 3 amide bonds. The number of nitrogens with zero attached hydrogens (tertiary/aromatic N) is 4. The van der Waals surface area contributed by atoms with Crippen LogP contribution in [-0.4, -0.2) is 71.6 Å². The van der Waals surface area contributed by atoms with Gasteiger partial charge in [0.25, 0.3) is 5.91 Å². The average molecular weight is 450 g/mol. The molecule has 0 saturated heterocycles. The van der Waals surface area contributed by atoms with E-state index in [1.807, 2.05) is 54.6 Å². The number of aryl methyl sites for hydroxylation is 1. The average Bonchev–Trinajstić information content (AvgIpc) is 3.19. The zero-order valence-corrected chi connectivity index (χ0v) is 19.6. The highest BCUT2D eigenvalue weighted by Crippen LogP contribution is 2.23. The number of benzene rings is 2. The van der Waals surface area contributed by atoms with Crippen molar-refractivity contribution in [1.82, 2.24) is 19.5 Å². The third kappa shape index (κ3) is 5.40. The molecular formula is C25H31N5O3. The molecule has 0 fully saturated rings. The van der Waals surface area contributed by atoms with Crippen molar-refractivity contribution in [3.8, 4) is 0 Å². The van der Waals surface area contributed by atoms with Gasteiger partial charge in [-0.3, -0.25) is 19.2 Å². The number of nitrogens with two attached hydrogens (primary N) is 1. The van der Waals surface area contributed by atoms with Gasteiger partial charge < -0.3 is 10.6 Å². The van der Waals surface area contributed by atoms with Gasteiger partial charge >= 0.3 is 6.03 Å². The minimum Gasteiger partial charge on any atom is -0.351 e. The highest BCUT2D eigenvalue weighted by atomic mass is 16.2. The number of hydrogen-bond acceptors (Lipinski definition) is 4. The van der Waals surface area contributed by atoms with Gasteiger partial charge in [-0.1, -0.05) is 48.5 Å². The molecule has 8 nitrogen and oxygen atoms in total. The van der Waals surface area contributed by atoms with Gasteiger partial charge in [-0.05, 0) is 23.6 Å². The first-order chi connectivity index (χ1) is 15.7. The topological polar surface area (TPSA) is 91.9 Å². The standard InChI is InChI=1S/C25H31N5O3/c1-27(2)29(4)24(32)22(16-18-10-6-5-7-11-18)28(3)23(31)15-14-19-17-30(25(26)33)21-13-9-8-12-20(19)21/h5-13,17,22H,14-16H2,1-4H3,(H2,26,33)/t22-/m1/s1. The van der Waals surface area contributed by atoms with Crippen molar-refractivity contribution >= 4 is 28.7 Å². The van der Waals surface area contributed by atoms with E-state index in [0.717, 1.165) is 16.5 Å². The van der Waals surface area contributed by atoms with Crippen LogP contribution in [0.5, 0.6) is 0 Å². The zero-order chi connectivity index (χ0) is 24.1. The van der Waals surface area contributed by atoms with Crippen molar-refractivity contribution in [2.24, 2.45) is 5.73 Å². The van der Waals surface area contributed by atoms with Crippen molar-refractivity contribution in [1.29, 1.82) is 0 Å². The van der Waals surface area contributed by atoms with E-state index in [-0.39, 0.29) is 18.2 Å². The summed E-state index contributed by atoms with van der Waals surface area (Å²) in [4.78, 5) is 39.7. The van der Waals surface area contributed by atoms with Gasteiger partial charge in [-0.2, -0.15) is 0 Å². The van der Waals surface area contributed by atoms with Crippen LogP contribution in [0.3, 0.4) is 0 Å². The number of hydrogen-bond donors (Lipinski definition) is 1. The Morgan fingerprint density at radius 1 is 0.939 bits per heavy atom. The van der Waals surface area contributed by atoms with E-state index in [1.165, 1.54) is 14.5 Å². The summed E-state index contributed by atoms with van der Waals surface area (Å²) in [5.41, 5.74) is 8.05. The van der Waals surface area contributed by atoms with Crippen LogP contribution in [0.25, 0.3) is 10.9 Å². The second-order valence-corrected chi connectivity index (χ2v) is 8.30. The molecule has 0 aliphatic carbocycles. The number of aromatic nitrogens is 1. The summed E-state index contributed by atoms with van der Waals surface area (Å²) >= 11 is 0. The number of carbonyl (C=O) groups excluding carboxylic acids is 3. The summed E-state index contributed by atoms with van der Waals surface area (Å²) in [5.74, 6) is -0.308. The van der Waals surface area contributed by atoms with Crippen LogP contribution in [-0.2, 0) is 22.4 Å². The van der Waals surface area contributed by atoms with Crippen LogP contribution < -0.4 is 5.73 Å². The van der Waals surface area contributed by atoms with Crippen molar-refractivity contribution in [2.45, 2.75) is 25.3 Å². The molecule has 174 valence electrons. The Morgan fingerprint density at radius 3 is 2.21 bits per heavy atom. The fraction of sp³-hybridized carbons (Fsp3) is 0.320. The monoisotopic (exact) mass is 449 g/mol. The van der Waals surface area contributed by atoms with Gasteiger partial charge in [0.1, 0.15) is 6.04 Å². The summed E-state index contributed by atoms with van der Waals surface area (Å²) in [6.45, 7) is 0. The molecule has 0 saturated carbocycles. The number of rotatable bonds is 8. The van der Waals surface area contributed by atoms with E-state index in [0.29, 0.717) is 18.4 Å². The molecule has 0 unspecified atom stereocenters. The minimum atomic E-state index is -0.640. The summed E-state index contributed by atoms with van der Waals surface area (Å²) in [6.07, 6.45) is 2.74.